The number of anilines is 1. The largest absolute Gasteiger partial charge is 0.378 e. The number of rotatable bonds is 5. The molecule has 5 rings (SSSR count). The van der Waals surface area contributed by atoms with Crippen LogP contribution in [0.5, 0.6) is 0 Å². The van der Waals surface area contributed by atoms with Gasteiger partial charge in [0.25, 0.3) is 5.91 Å². The van der Waals surface area contributed by atoms with Crippen molar-refractivity contribution in [2.45, 2.75) is 44.8 Å². The second kappa shape index (κ2) is 7.14. The van der Waals surface area contributed by atoms with E-state index in [9.17, 15) is 4.79 Å². The van der Waals surface area contributed by atoms with Crippen molar-refractivity contribution in [3.63, 3.8) is 0 Å². The molecule has 1 saturated carbocycles. The molecule has 146 valence electrons. The number of aromatic nitrogens is 5. The zero-order valence-corrected chi connectivity index (χ0v) is 16.5. The van der Waals surface area contributed by atoms with Gasteiger partial charge in [0.15, 0.2) is 0 Å². The van der Waals surface area contributed by atoms with Gasteiger partial charge in [-0.25, -0.2) is 4.98 Å². The minimum absolute atomic E-state index is 0.0627. The number of aromatic amines is 1. The lowest BCUT2D eigenvalue weighted by Crippen LogP contribution is -2.35. The van der Waals surface area contributed by atoms with E-state index in [4.69, 9.17) is 9.84 Å². The van der Waals surface area contributed by atoms with E-state index in [-0.39, 0.29) is 5.91 Å². The molecule has 0 aromatic carbocycles. The number of fused-ring (bicyclic) bond motifs is 1. The average Bonchev–Trinajstić information content (AvgIpc) is 3.42. The minimum Gasteiger partial charge on any atom is -0.378 e. The molecule has 1 aliphatic heterocycles. The molecule has 1 amide bonds. The van der Waals surface area contributed by atoms with Gasteiger partial charge in [-0.3, -0.25) is 14.6 Å². The van der Waals surface area contributed by atoms with Crippen molar-refractivity contribution < 1.29 is 9.53 Å². The van der Waals surface area contributed by atoms with Gasteiger partial charge in [-0.05, 0) is 32.6 Å². The zero-order valence-electron chi connectivity index (χ0n) is 15.7. The quantitative estimate of drug-likeness (QED) is 0.713. The highest BCUT2D eigenvalue weighted by atomic mass is 32.1. The van der Waals surface area contributed by atoms with E-state index in [0.717, 1.165) is 54.2 Å². The van der Waals surface area contributed by atoms with E-state index in [1.807, 2.05) is 28.1 Å². The molecule has 1 aliphatic carbocycles. The Bertz CT molecular complexity index is 973. The van der Waals surface area contributed by atoms with Crippen LogP contribution in [0.2, 0.25) is 0 Å². The van der Waals surface area contributed by atoms with Crippen LogP contribution in [-0.4, -0.2) is 50.1 Å². The number of nitrogens with one attached hydrogen (secondary N) is 1. The highest BCUT2D eigenvalue weighted by molar-refractivity contribution is 7.13. The summed E-state index contributed by atoms with van der Waals surface area (Å²) in [6.07, 6.45) is 9.67. The molecule has 1 fully saturated rings. The molecular weight excluding hydrogens is 376 g/mol. The van der Waals surface area contributed by atoms with Crippen LogP contribution in [0.4, 0.5) is 5.69 Å². The molecule has 0 bridgehead atoms. The maximum absolute atomic E-state index is 13.1. The number of H-pyrrole nitrogens is 1. The molecule has 2 aliphatic rings. The van der Waals surface area contributed by atoms with Gasteiger partial charge in [0.1, 0.15) is 10.7 Å². The van der Waals surface area contributed by atoms with Gasteiger partial charge in [-0.2, -0.15) is 10.2 Å². The monoisotopic (exact) mass is 398 g/mol. The van der Waals surface area contributed by atoms with Crippen molar-refractivity contribution in [1.29, 1.82) is 0 Å². The molecule has 3 aromatic rings. The normalized spacial score (nSPS) is 21.4. The van der Waals surface area contributed by atoms with Crippen molar-refractivity contribution in [2.24, 2.45) is 0 Å². The topological polar surface area (TPSA) is 88.9 Å². The van der Waals surface area contributed by atoms with Crippen molar-refractivity contribution in [3.05, 3.63) is 35.4 Å². The maximum Gasteiger partial charge on any atom is 0.277 e. The Labute approximate surface area is 166 Å². The predicted molar refractivity (Wildman–Crippen MR) is 106 cm³/mol. The molecule has 9 heteroatoms. The lowest BCUT2D eigenvalue weighted by atomic mass is 9.89. The Morgan fingerprint density at radius 3 is 3.11 bits per heavy atom. The lowest BCUT2D eigenvalue weighted by Gasteiger charge is -2.34. The molecule has 0 radical (unpaired) electrons. The molecule has 0 unspecified atom stereocenters. The van der Waals surface area contributed by atoms with E-state index < -0.39 is 0 Å². The summed E-state index contributed by atoms with van der Waals surface area (Å²) in [5, 5.41) is 14.1. The first-order valence-electron chi connectivity index (χ1n) is 9.69. The fraction of sp³-hybridized carbons (Fsp3) is 0.474. The first-order valence-corrected chi connectivity index (χ1v) is 10.6. The van der Waals surface area contributed by atoms with Crippen LogP contribution in [0, 0.1) is 0 Å². The maximum atomic E-state index is 13.1. The second-order valence-corrected chi connectivity index (χ2v) is 8.09. The fourth-order valence-electron chi connectivity index (χ4n) is 3.88. The molecule has 0 saturated heterocycles. The Morgan fingerprint density at radius 2 is 2.32 bits per heavy atom. The van der Waals surface area contributed by atoms with Crippen molar-refractivity contribution in [3.8, 4) is 10.6 Å². The number of carbonyl (C=O) groups excluding carboxylic acids is 1. The Hall–Kier alpha value is -2.52. The van der Waals surface area contributed by atoms with E-state index in [1.165, 1.54) is 11.3 Å². The third kappa shape index (κ3) is 3.04. The summed E-state index contributed by atoms with van der Waals surface area (Å²) in [4.78, 5) is 19.5. The average molecular weight is 398 g/mol. The number of nitrogens with zero attached hydrogens (tertiary/aromatic N) is 5. The number of thiazole rings is 1. The van der Waals surface area contributed by atoms with Crippen LogP contribution in [0.25, 0.3) is 10.6 Å². The first kappa shape index (κ1) is 17.6. The number of amides is 1. The fourth-order valence-corrected chi connectivity index (χ4v) is 4.66. The SMILES string of the molecule is CCO[C@H]1C[C@@H](n2cc3c(n2)CCCN3C(=O)c2csc(-c3cn[nH]c3)n2)C1. The standard InChI is InChI=1S/C19H22N6O2S/c1-2-27-14-6-13(7-14)25-10-17-15(23-25)4-3-5-24(17)19(26)16-11-28-18(22-16)12-8-20-21-9-12/h8-11,13-14H,2-7H2,1H3,(H,20,21)/t13-,14+. The number of aryl methyl sites for hydroxylation is 1. The van der Waals surface area contributed by atoms with E-state index in [0.29, 0.717) is 24.4 Å². The molecule has 3 aromatic heterocycles. The summed E-state index contributed by atoms with van der Waals surface area (Å²) < 4.78 is 7.69. The van der Waals surface area contributed by atoms with Gasteiger partial charge in [0.2, 0.25) is 0 Å². The third-order valence-corrected chi connectivity index (χ3v) is 6.32. The Kier molecular flexibility index (Phi) is 4.48. The molecule has 8 nitrogen and oxygen atoms in total. The van der Waals surface area contributed by atoms with Gasteiger partial charge in [0.05, 0.1) is 29.7 Å². The second-order valence-electron chi connectivity index (χ2n) is 7.23. The van der Waals surface area contributed by atoms with E-state index in [2.05, 4.69) is 15.2 Å². The van der Waals surface area contributed by atoms with Gasteiger partial charge in [-0.15, -0.1) is 11.3 Å². The molecule has 1 N–H and O–H groups in total. The third-order valence-electron chi connectivity index (χ3n) is 5.43. The van der Waals surface area contributed by atoms with Crippen LogP contribution >= 0.6 is 11.3 Å². The van der Waals surface area contributed by atoms with Gasteiger partial charge in [-0.1, -0.05) is 0 Å². The van der Waals surface area contributed by atoms with Gasteiger partial charge >= 0.3 is 0 Å². The molecule has 0 atom stereocenters. The van der Waals surface area contributed by atoms with Gasteiger partial charge in [0, 0.05) is 36.5 Å². The van der Waals surface area contributed by atoms with E-state index >= 15 is 0 Å². The van der Waals surface area contributed by atoms with Crippen LogP contribution in [0.15, 0.2) is 24.0 Å². The minimum atomic E-state index is -0.0627. The predicted octanol–water partition coefficient (Wildman–Crippen LogP) is 3.06. The summed E-state index contributed by atoms with van der Waals surface area (Å²) in [7, 11) is 0. The summed E-state index contributed by atoms with van der Waals surface area (Å²) in [5.41, 5.74) is 3.30. The van der Waals surface area contributed by atoms with Crippen LogP contribution in [0.1, 0.15) is 48.4 Å². The summed E-state index contributed by atoms with van der Waals surface area (Å²) in [5.74, 6) is -0.0627. The highest BCUT2D eigenvalue weighted by Gasteiger charge is 2.34. The number of carbonyl (C=O) groups is 1. The Morgan fingerprint density at radius 1 is 1.43 bits per heavy atom. The number of hydrogen-bond donors (Lipinski definition) is 1. The van der Waals surface area contributed by atoms with Crippen LogP contribution in [-0.2, 0) is 11.2 Å². The summed E-state index contributed by atoms with van der Waals surface area (Å²) in [6.45, 7) is 3.48. The van der Waals surface area contributed by atoms with E-state index in [1.54, 1.807) is 12.4 Å². The van der Waals surface area contributed by atoms with Crippen molar-refractivity contribution in [2.75, 3.05) is 18.1 Å². The van der Waals surface area contributed by atoms with Crippen molar-refractivity contribution >= 4 is 22.9 Å². The molecular formula is C19H22N6O2S. The van der Waals surface area contributed by atoms with Crippen LogP contribution < -0.4 is 4.90 Å². The van der Waals surface area contributed by atoms with Crippen molar-refractivity contribution in [1.82, 2.24) is 25.0 Å². The summed E-state index contributed by atoms with van der Waals surface area (Å²) in [6, 6.07) is 0.367. The molecule has 4 heterocycles. The summed E-state index contributed by atoms with van der Waals surface area (Å²) >= 11 is 1.46. The number of ether oxygens (including phenoxy) is 1. The zero-order chi connectivity index (χ0) is 19.1. The molecule has 28 heavy (non-hydrogen) atoms. The molecule has 0 spiro atoms. The van der Waals surface area contributed by atoms with Gasteiger partial charge < -0.3 is 9.64 Å². The lowest BCUT2D eigenvalue weighted by molar-refractivity contribution is -0.0228. The Balaban J connectivity index is 1.35. The highest BCUT2D eigenvalue weighted by Crippen LogP contribution is 2.37. The number of hydrogen-bond acceptors (Lipinski definition) is 6. The van der Waals surface area contributed by atoms with Crippen LogP contribution in [0.3, 0.4) is 0 Å². The first-order chi connectivity index (χ1) is 13.7. The smallest absolute Gasteiger partial charge is 0.277 e.